The first-order chi connectivity index (χ1) is 33.7. The van der Waals surface area contributed by atoms with E-state index in [9.17, 15) is 52.2 Å². The van der Waals surface area contributed by atoms with Gasteiger partial charge >= 0.3 is 16.4 Å². The molecule has 1 aromatic rings. The van der Waals surface area contributed by atoms with Crippen molar-refractivity contribution in [2.45, 2.75) is 161 Å². The highest BCUT2D eigenvalue weighted by Gasteiger charge is 2.47. The van der Waals surface area contributed by atoms with Gasteiger partial charge in [0.25, 0.3) is 5.91 Å². The summed E-state index contributed by atoms with van der Waals surface area (Å²) in [6, 6.07) is -5.27. The fourth-order valence-corrected chi connectivity index (χ4v) is 9.13. The molecule has 2 aliphatic heterocycles. The van der Waals surface area contributed by atoms with Crippen molar-refractivity contribution in [1.29, 1.82) is 0 Å². The van der Waals surface area contributed by atoms with Crippen LogP contribution in [0.15, 0.2) is 22.7 Å². The SMILES string of the molecule is CCC(C)C1NC(=O)C(Cc2ccc(OC)c(Br)c2)N(C)C(=O)C(C(C)CC)N2C(=O)C(CCC2O)NC(=O)C(CCCCN)NC(=O)C(NC(=O)C(NC(=O)C(O)COS(=O)(=O)O)C(C)C)C(C)OC1=O. The Morgan fingerprint density at radius 3 is 2.17 bits per heavy atom. The Morgan fingerprint density at radius 2 is 1.60 bits per heavy atom. The number of unbranched alkanes of at least 4 members (excludes halogenated alkanes) is 1. The summed E-state index contributed by atoms with van der Waals surface area (Å²) in [7, 11) is -2.22. The Labute approximate surface area is 429 Å². The topological polar surface area (TPSA) is 352 Å². The van der Waals surface area contributed by atoms with Crippen LogP contribution in [0.25, 0.3) is 0 Å². The highest BCUT2D eigenvalue weighted by Crippen LogP contribution is 2.30. The third-order valence-electron chi connectivity index (χ3n) is 13.0. The Balaban J connectivity index is 2.26. The standard InChI is InChI=1S/C46H73BrN8O16S/c1-10-24(5)36-46(65)71-26(7)37(53-42(61)35(23(3)4)51-41(60)32(56)22-70-72(66,67)68)43(62)49-29(14-12-13-19-48)39(58)50-30-16-18-34(57)55(44(30)63)38(25(6)11-2)45(64)54(8)31(40(59)52-36)21-27-15-17-33(69-9)28(47)20-27/h15,17,20,23-26,29-32,34-38,56-57H,10-14,16,18-19,21-22,48H2,1-9H3,(H,49,62)(H,50,58)(H,51,60)(H,52,59)(H,53,61)(H,66,67,68). The lowest BCUT2D eigenvalue weighted by Crippen LogP contribution is -2.66. The molecule has 2 heterocycles. The molecule has 24 nitrogen and oxygen atoms in total. The maximum atomic E-state index is 15.0. The molecule has 3 rings (SSSR count). The lowest BCUT2D eigenvalue weighted by molar-refractivity contribution is -0.168. The van der Waals surface area contributed by atoms with E-state index in [1.165, 1.54) is 34.9 Å². The van der Waals surface area contributed by atoms with Crippen molar-refractivity contribution in [3.8, 4) is 5.75 Å². The summed E-state index contributed by atoms with van der Waals surface area (Å²) >= 11 is 3.46. The van der Waals surface area contributed by atoms with Gasteiger partial charge in [-0.05, 0) is 97.0 Å². The van der Waals surface area contributed by atoms with Crippen molar-refractivity contribution in [2.75, 3.05) is 27.3 Å². The van der Waals surface area contributed by atoms with Gasteiger partial charge < -0.3 is 61.8 Å². The predicted molar refractivity (Wildman–Crippen MR) is 262 cm³/mol. The van der Waals surface area contributed by atoms with Gasteiger partial charge in [0.1, 0.15) is 67.0 Å². The van der Waals surface area contributed by atoms with Crippen molar-refractivity contribution in [3.05, 3.63) is 28.2 Å². The molecule has 2 saturated heterocycles. The van der Waals surface area contributed by atoms with E-state index < -0.39 is 143 Å². The number of cyclic esters (lactones) is 1. The fourth-order valence-electron chi connectivity index (χ4n) is 8.24. The molecule has 2 bridgehead atoms. The molecule has 10 N–H and O–H groups in total. The maximum absolute atomic E-state index is 15.0. The van der Waals surface area contributed by atoms with Gasteiger partial charge in [-0.2, -0.15) is 8.42 Å². The van der Waals surface area contributed by atoms with E-state index in [-0.39, 0.29) is 38.6 Å². The third kappa shape index (κ3) is 16.8. The number of hydrogen-bond acceptors (Lipinski definition) is 16. The first kappa shape index (κ1) is 61.3. The van der Waals surface area contributed by atoms with Crippen LogP contribution < -0.4 is 37.1 Å². The molecule has 72 heavy (non-hydrogen) atoms. The molecule has 406 valence electrons. The number of carbonyl (C=O) groups excluding carboxylic acids is 8. The fraction of sp³-hybridized carbons (Fsp3) is 0.696. The van der Waals surface area contributed by atoms with E-state index in [4.69, 9.17) is 19.8 Å². The molecule has 12 unspecified atom stereocenters. The largest absolute Gasteiger partial charge is 0.496 e. The lowest BCUT2D eigenvalue weighted by Gasteiger charge is -2.44. The van der Waals surface area contributed by atoms with Gasteiger partial charge in [-0.15, -0.1) is 0 Å². The van der Waals surface area contributed by atoms with Crippen molar-refractivity contribution in [3.63, 3.8) is 0 Å². The number of fused-ring (bicyclic) bond motifs is 2. The van der Waals surface area contributed by atoms with Crippen molar-refractivity contribution < 1.29 is 75.2 Å². The molecule has 7 amide bonds. The number of hydrogen-bond donors (Lipinski definition) is 9. The first-order valence-electron chi connectivity index (χ1n) is 24.0. The average Bonchev–Trinajstić information content (AvgIpc) is 3.32. The van der Waals surface area contributed by atoms with Crippen LogP contribution in [0.3, 0.4) is 0 Å². The number of likely N-dealkylation sites (N-methyl/N-ethyl adjacent to an activating group) is 1. The lowest BCUT2D eigenvalue weighted by atomic mass is 9.91. The second-order valence-electron chi connectivity index (χ2n) is 18.6. The zero-order chi connectivity index (χ0) is 54.4. The minimum atomic E-state index is -5.06. The van der Waals surface area contributed by atoms with E-state index in [1.807, 2.05) is 0 Å². The number of carbonyl (C=O) groups is 8. The number of benzene rings is 1. The average molecular weight is 1110 g/mol. The van der Waals surface area contributed by atoms with Crippen LogP contribution in [-0.2, 0) is 64.1 Å². The number of ether oxygens (including phenoxy) is 2. The minimum Gasteiger partial charge on any atom is -0.496 e. The van der Waals surface area contributed by atoms with Crippen molar-refractivity contribution in [2.24, 2.45) is 23.5 Å². The molecule has 0 saturated carbocycles. The summed E-state index contributed by atoms with van der Waals surface area (Å²) in [5.41, 5.74) is 6.31. The first-order valence-corrected chi connectivity index (χ1v) is 26.2. The highest BCUT2D eigenvalue weighted by molar-refractivity contribution is 9.10. The summed E-state index contributed by atoms with van der Waals surface area (Å²) in [5, 5.41) is 34.5. The number of aliphatic hydroxyl groups is 2. The molecule has 2 aliphatic rings. The molecule has 1 aromatic carbocycles. The Bertz CT molecular complexity index is 2210. The molecule has 0 radical (unpaired) electrons. The number of esters is 1. The van der Waals surface area contributed by atoms with E-state index >= 15 is 4.79 Å². The molecule has 26 heteroatoms. The van der Waals surface area contributed by atoms with Crippen LogP contribution in [0, 0.1) is 17.8 Å². The molecule has 2 fully saturated rings. The number of nitrogens with zero attached hydrogens (tertiary/aromatic N) is 2. The number of nitrogens with one attached hydrogen (secondary N) is 5. The molecule has 0 aliphatic carbocycles. The highest BCUT2D eigenvalue weighted by atomic mass is 79.9. The van der Waals surface area contributed by atoms with Crippen LogP contribution in [0.4, 0.5) is 0 Å². The summed E-state index contributed by atoms with van der Waals surface area (Å²) in [6.07, 6.45) is -4.28. The molecule has 0 aromatic heterocycles. The number of halogens is 1. The van der Waals surface area contributed by atoms with Gasteiger partial charge in [-0.3, -0.25) is 38.1 Å². The van der Waals surface area contributed by atoms with Crippen molar-refractivity contribution in [1.82, 2.24) is 36.4 Å². The van der Waals surface area contributed by atoms with E-state index in [0.29, 0.717) is 35.0 Å². The summed E-state index contributed by atoms with van der Waals surface area (Å²) in [5.74, 6) is -9.24. The van der Waals surface area contributed by atoms with Crippen LogP contribution in [0.5, 0.6) is 5.75 Å². The quantitative estimate of drug-likeness (QED) is 0.0482. The van der Waals surface area contributed by atoms with Gasteiger partial charge in [-0.25, -0.2) is 8.98 Å². The normalized spacial score (nSPS) is 25.9. The Kier molecular flexibility index (Phi) is 23.8. The summed E-state index contributed by atoms with van der Waals surface area (Å²) < 4.78 is 47.0. The Morgan fingerprint density at radius 1 is 0.944 bits per heavy atom. The second-order valence-corrected chi connectivity index (χ2v) is 20.6. The van der Waals surface area contributed by atoms with Gasteiger partial charge in [0.2, 0.25) is 35.4 Å². The number of piperidine rings is 1. The van der Waals surface area contributed by atoms with Crippen LogP contribution in [0.2, 0.25) is 0 Å². The van der Waals surface area contributed by atoms with Gasteiger partial charge in [0, 0.05) is 13.5 Å². The smallest absolute Gasteiger partial charge is 0.397 e. The summed E-state index contributed by atoms with van der Waals surface area (Å²) in [4.78, 5) is 117. The van der Waals surface area contributed by atoms with Gasteiger partial charge in [0.15, 0.2) is 6.10 Å². The molecule has 12 atom stereocenters. The Hall–Kier alpha value is -4.99. The van der Waals surface area contributed by atoms with E-state index in [2.05, 4.69) is 46.7 Å². The van der Waals surface area contributed by atoms with Crippen LogP contribution in [0.1, 0.15) is 99.0 Å². The zero-order valence-electron chi connectivity index (χ0n) is 42.2. The number of rotatable bonds is 19. The molecule has 0 spiro atoms. The minimum absolute atomic E-state index is 0.0435. The number of methoxy groups -OCH3 is 1. The number of aliphatic hydroxyl groups excluding tert-OH is 2. The molecular weight excluding hydrogens is 1030 g/mol. The maximum Gasteiger partial charge on any atom is 0.397 e. The number of amides is 7. The zero-order valence-corrected chi connectivity index (χ0v) is 44.6. The van der Waals surface area contributed by atoms with Crippen molar-refractivity contribution >= 4 is 73.6 Å². The second kappa shape index (κ2) is 27.9. The van der Waals surface area contributed by atoms with Gasteiger partial charge in [0.05, 0.1) is 11.6 Å². The number of nitrogens with two attached hydrogens (primary N) is 1. The third-order valence-corrected chi connectivity index (χ3v) is 14.1. The molecular formula is C46H73BrN8O16S. The van der Waals surface area contributed by atoms with E-state index in [1.54, 1.807) is 45.9 Å². The van der Waals surface area contributed by atoms with Crippen LogP contribution in [-0.4, -0.2) is 168 Å². The monoisotopic (exact) mass is 1100 g/mol. The van der Waals surface area contributed by atoms with Crippen LogP contribution >= 0.6 is 15.9 Å². The predicted octanol–water partition coefficient (Wildman–Crippen LogP) is -0.437. The van der Waals surface area contributed by atoms with Gasteiger partial charge in [-0.1, -0.05) is 60.5 Å². The summed E-state index contributed by atoms with van der Waals surface area (Å²) in [6.45, 7) is 10.1. The van der Waals surface area contributed by atoms with E-state index in [0.717, 1.165) is 9.80 Å².